The summed E-state index contributed by atoms with van der Waals surface area (Å²) in [7, 11) is 1.65. The minimum atomic E-state index is 0.609. The van der Waals surface area contributed by atoms with Gasteiger partial charge in [-0.1, -0.05) is 30.3 Å². The van der Waals surface area contributed by atoms with Gasteiger partial charge in [-0.05, 0) is 37.1 Å². The van der Waals surface area contributed by atoms with Crippen LogP contribution in [0.15, 0.2) is 65.3 Å². The fourth-order valence-electron chi connectivity index (χ4n) is 3.52. The Bertz CT molecular complexity index is 889. The highest BCUT2D eigenvalue weighted by Gasteiger charge is 2.20. The van der Waals surface area contributed by atoms with Crippen molar-refractivity contribution >= 4 is 11.7 Å². The van der Waals surface area contributed by atoms with Crippen LogP contribution >= 0.6 is 0 Å². The second-order valence-corrected chi connectivity index (χ2v) is 7.03. The summed E-state index contributed by atoms with van der Waals surface area (Å²) in [6.07, 6.45) is 3.45. The molecule has 6 heteroatoms. The van der Waals surface area contributed by atoms with Crippen molar-refractivity contribution in [3.63, 3.8) is 0 Å². The molecule has 0 saturated carbocycles. The number of aromatic nitrogens is 1. The van der Waals surface area contributed by atoms with Crippen molar-refractivity contribution in [2.24, 2.45) is 0 Å². The van der Waals surface area contributed by atoms with Crippen LogP contribution in [-0.4, -0.2) is 44.9 Å². The average molecular weight is 393 g/mol. The maximum atomic E-state index is 5.83. The lowest BCUT2D eigenvalue weighted by Crippen LogP contribution is -2.46. The van der Waals surface area contributed by atoms with Gasteiger partial charge in [0.1, 0.15) is 6.26 Å². The molecule has 0 bridgehead atoms. The molecule has 29 heavy (non-hydrogen) atoms. The van der Waals surface area contributed by atoms with Crippen molar-refractivity contribution in [2.75, 3.05) is 49.7 Å². The average Bonchev–Trinajstić information content (AvgIpc) is 3.27. The Morgan fingerprint density at radius 1 is 0.897 bits per heavy atom. The third-order valence-corrected chi connectivity index (χ3v) is 5.12. The van der Waals surface area contributed by atoms with E-state index in [1.54, 1.807) is 13.4 Å². The predicted octanol–water partition coefficient (Wildman–Crippen LogP) is 4.02. The summed E-state index contributed by atoms with van der Waals surface area (Å²) in [6, 6.07) is 19.0. The number of ether oxygens (including phenoxy) is 2. The predicted molar refractivity (Wildman–Crippen MR) is 114 cm³/mol. The van der Waals surface area contributed by atoms with E-state index in [1.165, 1.54) is 5.69 Å². The third kappa shape index (κ3) is 4.83. The van der Waals surface area contributed by atoms with E-state index < -0.39 is 0 Å². The Labute approximate surface area is 171 Å². The van der Waals surface area contributed by atoms with Crippen LogP contribution in [0.25, 0.3) is 0 Å². The second kappa shape index (κ2) is 9.37. The van der Waals surface area contributed by atoms with Crippen molar-refractivity contribution in [1.29, 1.82) is 0 Å². The molecule has 1 aliphatic heterocycles. The van der Waals surface area contributed by atoms with Crippen LogP contribution in [-0.2, 0) is 6.42 Å². The molecule has 0 unspecified atom stereocenters. The topological polar surface area (TPSA) is 51.0 Å². The maximum Gasteiger partial charge on any atom is 0.297 e. The molecular weight excluding hydrogens is 366 g/mol. The number of aryl methyl sites for hydroxylation is 1. The van der Waals surface area contributed by atoms with Gasteiger partial charge in [-0.15, -0.1) is 0 Å². The van der Waals surface area contributed by atoms with Crippen molar-refractivity contribution < 1.29 is 13.9 Å². The van der Waals surface area contributed by atoms with Crippen molar-refractivity contribution in [1.82, 2.24) is 4.98 Å². The number of hydrogen-bond acceptors (Lipinski definition) is 6. The highest BCUT2D eigenvalue weighted by Crippen LogP contribution is 2.26. The number of piperazine rings is 1. The van der Waals surface area contributed by atoms with Gasteiger partial charge >= 0.3 is 0 Å². The summed E-state index contributed by atoms with van der Waals surface area (Å²) in [5.41, 5.74) is 2.24. The molecular formula is C23H27N3O3. The number of hydrogen-bond donors (Lipinski definition) is 0. The van der Waals surface area contributed by atoms with E-state index in [1.807, 2.05) is 24.3 Å². The summed E-state index contributed by atoms with van der Waals surface area (Å²) >= 11 is 0. The van der Waals surface area contributed by atoms with Gasteiger partial charge in [0.15, 0.2) is 11.5 Å². The van der Waals surface area contributed by atoms with Gasteiger partial charge in [-0.25, -0.2) is 0 Å². The lowest BCUT2D eigenvalue weighted by Gasteiger charge is -2.35. The van der Waals surface area contributed by atoms with Gasteiger partial charge in [0.05, 0.1) is 19.4 Å². The molecule has 2 aromatic carbocycles. The van der Waals surface area contributed by atoms with Gasteiger partial charge in [0.25, 0.3) is 6.01 Å². The lowest BCUT2D eigenvalue weighted by molar-refractivity contribution is 0.289. The number of para-hydroxylation sites is 3. The fourth-order valence-corrected chi connectivity index (χ4v) is 3.52. The normalized spacial score (nSPS) is 14.1. The van der Waals surface area contributed by atoms with Crippen LogP contribution < -0.4 is 19.3 Å². The monoisotopic (exact) mass is 393 g/mol. The zero-order chi connectivity index (χ0) is 19.9. The number of benzene rings is 2. The van der Waals surface area contributed by atoms with Crippen LogP contribution in [0, 0.1) is 0 Å². The third-order valence-electron chi connectivity index (χ3n) is 5.12. The van der Waals surface area contributed by atoms with E-state index in [9.17, 15) is 0 Å². The fraction of sp³-hybridized carbons (Fsp3) is 0.348. The van der Waals surface area contributed by atoms with Gasteiger partial charge in [-0.2, -0.15) is 4.98 Å². The molecule has 0 aliphatic carbocycles. The smallest absolute Gasteiger partial charge is 0.297 e. The first-order valence-corrected chi connectivity index (χ1v) is 10.1. The van der Waals surface area contributed by atoms with Crippen molar-refractivity contribution in [2.45, 2.75) is 12.8 Å². The minimum Gasteiger partial charge on any atom is -0.493 e. The largest absolute Gasteiger partial charge is 0.493 e. The molecule has 152 valence electrons. The number of anilines is 2. The number of methoxy groups -OCH3 is 1. The van der Waals surface area contributed by atoms with Crippen molar-refractivity contribution in [3.05, 3.63) is 66.6 Å². The highest BCUT2D eigenvalue weighted by molar-refractivity contribution is 5.48. The SMILES string of the molecule is COc1ccccc1OCCCc1coc(N2CCN(c3ccccc3)CC2)n1. The molecule has 1 saturated heterocycles. The Balaban J connectivity index is 1.23. The van der Waals surface area contributed by atoms with Gasteiger partial charge in [-0.3, -0.25) is 0 Å². The van der Waals surface area contributed by atoms with E-state index in [0.29, 0.717) is 6.61 Å². The summed E-state index contributed by atoms with van der Waals surface area (Å²) in [5.74, 6) is 1.53. The zero-order valence-corrected chi connectivity index (χ0v) is 16.8. The lowest BCUT2D eigenvalue weighted by atomic mass is 10.2. The number of nitrogens with zero attached hydrogens (tertiary/aromatic N) is 3. The first-order chi connectivity index (χ1) is 14.3. The summed E-state index contributed by atoms with van der Waals surface area (Å²) in [4.78, 5) is 9.29. The van der Waals surface area contributed by atoms with Gasteiger partial charge < -0.3 is 23.7 Å². The maximum absolute atomic E-state index is 5.83. The summed E-state index contributed by atoms with van der Waals surface area (Å²) in [5, 5.41) is 0. The highest BCUT2D eigenvalue weighted by atomic mass is 16.5. The Kier molecular flexibility index (Phi) is 6.19. The molecule has 0 spiro atoms. The van der Waals surface area contributed by atoms with Crippen LogP contribution in [0.1, 0.15) is 12.1 Å². The van der Waals surface area contributed by atoms with Crippen LogP contribution in [0.4, 0.5) is 11.7 Å². The van der Waals surface area contributed by atoms with E-state index in [2.05, 4.69) is 45.1 Å². The molecule has 3 aromatic rings. The van der Waals surface area contributed by atoms with E-state index in [-0.39, 0.29) is 0 Å². The molecule has 1 fully saturated rings. The Hall–Kier alpha value is -3.15. The van der Waals surface area contributed by atoms with Crippen LogP contribution in [0.5, 0.6) is 11.5 Å². The summed E-state index contributed by atoms with van der Waals surface area (Å²) in [6.45, 7) is 4.36. The van der Waals surface area contributed by atoms with Gasteiger partial charge in [0.2, 0.25) is 0 Å². The standard InChI is InChI=1S/C23H27N3O3/c1-27-21-11-5-6-12-22(21)28-17-7-8-19-18-29-23(24-19)26-15-13-25(14-16-26)20-9-3-2-4-10-20/h2-6,9-12,18H,7-8,13-17H2,1H3. The first kappa shape index (κ1) is 19.2. The Morgan fingerprint density at radius 3 is 2.34 bits per heavy atom. The van der Waals surface area contributed by atoms with Crippen LogP contribution in [0.2, 0.25) is 0 Å². The number of rotatable bonds is 8. The molecule has 6 nitrogen and oxygen atoms in total. The molecule has 0 radical (unpaired) electrons. The molecule has 4 rings (SSSR count). The quantitative estimate of drug-likeness (QED) is 0.539. The molecule has 0 atom stereocenters. The Morgan fingerprint density at radius 2 is 1.59 bits per heavy atom. The molecule has 1 aromatic heterocycles. The van der Waals surface area contributed by atoms with E-state index >= 15 is 0 Å². The molecule has 2 heterocycles. The van der Waals surface area contributed by atoms with Gasteiger partial charge in [0, 0.05) is 31.9 Å². The van der Waals surface area contributed by atoms with E-state index in [4.69, 9.17) is 13.9 Å². The first-order valence-electron chi connectivity index (χ1n) is 10.1. The second-order valence-electron chi connectivity index (χ2n) is 7.03. The summed E-state index contributed by atoms with van der Waals surface area (Å²) < 4.78 is 16.9. The minimum absolute atomic E-state index is 0.609. The molecule has 0 amide bonds. The zero-order valence-electron chi connectivity index (χ0n) is 16.8. The van der Waals surface area contributed by atoms with Crippen LogP contribution in [0.3, 0.4) is 0 Å². The molecule has 1 aliphatic rings. The number of oxazole rings is 1. The molecule has 0 N–H and O–H groups in total. The van der Waals surface area contributed by atoms with Crippen molar-refractivity contribution in [3.8, 4) is 11.5 Å². The van der Waals surface area contributed by atoms with E-state index in [0.717, 1.165) is 62.2 Å².